The fourth-order valence-electron chi connectivity index (χ4n) is 1.47. The molecule has 1 heterocycles. The molecule has 2 aliphatic rings. The van der Waals surface area contributed by atoms with Gasteiger partial charge in [0.15, 0.2) is 0 Å². The molecule has 0 radical (unpaired) electrons. The highest BCUT2D eigenvalue weighted by atomic mass is 16.4. The Morgan fingerprint density at radius 1 is 1.36 bits per heavy atom. The van der Waals surface area contributed by atoms with Crippen LogP contribution in [-0.2, 0) is 4.79 Å². The summed E-state index contributed by atoms with van der Waals surface area (Å²) in [7, 11) is 0. The molecule has 1 saturated heterocycles. The largest absolute Gasteiger partial charge is 0.481 e. The number of carbonyl (C=O) groups excluding carboxylic acids is 1. The molecule has 1 saturated carbocycles. The zero-order valence-electron chi connectivity index (χ0n) is 7.90. The van der Waals surface area contributed by atoms with Gasteiger partial charge in [0.25, 0.3) is 0 Å². The molecule has 5 nitrogen and oxygen atoms in total. The van der Waals surface area contributed by atoms with E-state index in [2.05, 4.69) is 5.32 Å². The van der Waals surface area contributed by atoms with E-state index in [4.69, 9.17) is 5.11 Å². The lowest BCUT2D eigenvalue weighted by Crippen LogP contribution is -2.56. The molecule has 0 spiro atoms. The summed E-state index contributed by atoms with van der Waals surface area (Å²) in [6.45, 7) is 1.45. The van der Waals surface area contributed by atoms with Gasteiger partial charge in [0.2, 0.25) is 0 Å². The number of rotatable bonds is 3. The third kappa shape index (κ3) is 1.97. The van der Waals surface area contributed by atoms with Crippen molar-refractivity contribution in [3.05, 3.63) is 0 Å². The number of amides is 2. The lowest BCUT2D eigenvalue weighted by Gasteiger charge is -2.36. The van der Waals surface area contributed by atoms with Crippen molar-refractivity contribution in [1.29, 1.82) is 0 Å². The molecular formula is C9H14N2O3. The summed E-state index contributed by atoms with van der Waals surface area (Å²) in [4.78, 5) is 23.4. The van der Waals surface area contributed by atoms with E-state index >= 15 is 0 Å². The highest BCUT2D eigenvalue weighted by Gasteiger charge is 2.35. The zero-order valence-corrected chi connectivity index (χ0v) is 7.90. The number of nitrogens with one attached hydrogen (secondary N) is 1. The molecule has 5 heteroatoms. The minimum atomic E-state index is -0.809. The summed E-state index contributed by atoms with van der Waals surface area (Å²) in [5.41, 5.74) is 0. The van der Waals surface area contributed by atoms with Gasteiger partial charge in [-0.1, -0.05) is 0 Å². The molecule has 2 amide bonds. The quantitative estimate of drug-likeness (QED) is 0.676. The minimum absolute atomic E-state index is 0.116. The van der Waals surface area contributed by atoms with E-state index in [-0.39, 0.29) is 11.9 Å². The maximum absolute atomic E-state index is 11.3. The van der Waals surface area contributed by atoms with Crippen molar-refractivity contribution in [2.75, 3.05) is 19.6 Å². The van der Waals surface area contributed by atoms with Crippen molar-refractivity contribution < 1.29 is 14.7 Å². The first-order chi connectivity index (χ1) is 6.66. The van der Waals surface area contributed by atoms with Gasteiger partial charge in [0.05, 0.1) is 5.92 Å². The molecule has 1 aliphatic carbocycles. The summed E-state index contributed by atoms with van der Waals surface area (Å²) in [5.74, 6) is -0.506. The second-order valence-corrected chi connectivity index (χ2v) is 4.07. The Hall–Kier alpha value is -1.26. The minimum Gasteiger partial charge on any atom is -0.481 e. The molecule has 0 aromatic heterocycles. The van der Waals surface area contributed by atoms with Crippen LogP contribution in [0.2, 0.25) is 0 Å². The van der Waals surface area contributed by atoms with Crippen LogP contribution in [-0.4, -0.2) is 41.6 Å². The van der Waals surface area contributed by atoms with Crippen LogP contribution in [0.15, 0.2) is 0 Å². The lowest BCUT2D eigenvalue weighted by atomic mass is 10.0. The highest BCUT2D eigenvalue weighted by Crippen LogP contribution is 2.27. The average molecular weight is 198 g/mol. The van der Waals surface area contributed by atoms with E-state index in [9.17, 15) is 9.59 Å². The number of hydrogen-bond acceptors (Lipinski definition) is 2. The third-order valence-corrected chi connectivity index (χ3v) is 2.76. The van der Waals surface area contributed by atoms with Crippen LogP contribution in [0.5, 0.6) is 0 Å². The number of carboxylic acid groups (broad SMARTS) is 1. The van der Waals surface area contributed by atoms with Gasteiger partial charge in [-0.15, -0.1) is 0 Å². The van der Waals surface area contributed by atoms with Crippen LogP contribution in [0.25, 0.3) is 0 Å². The number of hydrogen-bond donors (Lipinski definition) is 2. The summed E-state index contributed by atoms with van der Waals surface area (Å²) in [5, 5.41) is 11.4. The van der Waals surface area contributed by atoms with Gasteiger partial charge in [-0.25, -0.2) is 4.79 Å². The number of likely N-dealkylation sites (tertiary alicyclic amines) is 1. The van der Waals surface area contributed by atoms with E-state index in [1.165, 1.54) is 12.8 Å². The summed E-state index contributed by atoms with van der Waals surface area (Å²) in [6, 6.07) is -0.116. The first-order valence-corrected chi connectivity index (χ1v) is 4.92. The molecule has 78 valence electrons. The molecule has 2 N–H and O–H groups in total. The van der Waals surface area contributed by atoms with Crippen LogP contribution in [0.4, 0.5) is 4.79 Å². The average Bonchev–Trinajstić information content (AvgIpc) is 2.79. The zero-order chi connectivity index (χ0) is 10.1. The van der Waals surface area contributed by atoms with Gasteiger partial charge in [-0.05, 0) is 18.8 Å². The molecule has 1 aliphatic heterocycles. The van der Waals surface area contributed by atoms with Gasteiger partial charge in [0, 0.05) is 19.6 Å². The molecule has 0 bridgehead atoms. The summed E-state index contributed by atoms with van der Waals surface area (Å²) in [6.07, 6.45) is 2.41. The predicted molar refractivity (Wildman–Crippen MR) is 48.8 cm³/mol. The van der Waals surface area contributed by atoms with E-state index in [0.29, 0.717) is 19.0 Å². The molecule has 14 heavy (non-hydrogen) atoms. The smallest absolute Gasteiger partial charge is 0.317 e. The fourth-order valence-corrected chi connectivity index (χ4v) is 1.47. The Balaban J connectivity index is 1.65. The van der Waals surface area contributed by atoms with Crippen LogP contribution in [0, 0.1) is 11.8 Å². The van der Waals surface area contributed by atoms with E-state index < -0.39 is 5.97 Å². The normalized spacial score (nSPS) is 21.6. The Bertz CT molecular complexity index is 257. The SMILES string of the molecule is O=C(O)C1CN(C(=O)NCC2CC2)C1. The topological polar surface area (TPSA) is 69.6 Å². The van der Waals surface area contributed by atoms with E-state index in [1.807, 2.05) is 0 Å². The van der Waals surface area contributed by atoms with Gasteiger partial charge in [-0.3, -0.25) is 4.79 Å². The maximum atomic E-state index is 11.3. The molecule has 0 unspecified atom stereocenters. The van der Waals surface area contributed by atoms with Crippen LogP contribution in [0.1, 0.15) is 12.8 Å². The first-order valence-electron chi connectivity index (χ1n) is 4.92. The van der Waals surface area contributed by atoms with Gasteiger partial charge < -0.3 is 15.3 Å². The molecule has 0 aromatic carbocycles. The molecule has 2 fully saturated rings. The van der Waals surface area contributed by atoms with Gasteiger partial charge in [0.1, 0.15) is 0 Å². The molecule has 0 atom stereocenters. The van der Waals surface area contributed by atoms with Crippen molar-refractivity contribution in [3.8, 4) is 0 Å². The second kappa shape index (κ2) is 3.48. The Labute approximate surface area is 82.1 Å². The maximum Gasteiger partial charge on any atom is 0.317 e. The van der Waals surface area contributed by atoms with Crippen molar-refractivity contribution in [2.45, 2.75) is 12.8 Å². The Morgan fingerprint density at radius 3 is 2.50 bits per heavy atom. The van der Waals surface area contributed by atoms with Gasteiger partial charge in [-0.2, -0.15) is 0 Å². The van der Waals surface area contributed by atoms with Crippen LogP contribution in [0.3, 0.4) is 0 Å². The van der Waals surface area contributed by atoms with E-state index in [1.54, 1.807) is 4.90 Å². The Morgan fingerprint density at radius 2 is 2.00 bits per heavy atom. The standard InChI is InChI=1S/C9H14N2O3/c12-8(13)7-4-11(5-7)9(14)10-3-6-1-2-6/h6-7H,1-5H2,(H,10,14)(H,12,13). The van der Waals surface area contributed by atoms with E-state index in [0.717, 1.165) is 6.54 Å². The van der Waals surface area contributed by atoms with Gasteiger partial charge >= 0.3 is 12.0 Å². The molecule has 0 aromatic rings. The number of carboxylic acids is 1. The summed E-state index contributed by atoms with van der Waals surface area (Å²) < 4.78 is 0. The third-order valence-electron chi connectivity index (χ3n) is 2.76. The molecule has 2 rings (SSSR count). The van der Waals surface area contributed by atoms with Crippen molar-refractivity contribution in [3.63, 3.8) is 0 Å². The fraction of sp³-hybridized carbons (Fsp3) is 0.778. The van der Waals surface area contributed by atoms with Crippen molar-refractivity contribution in [2.24, 2.45) is 11.8 Å². The predicted octanol–water partition coefficient (Wildman–Crippen LogP) is 0.122. The van der Waals surface area contributed by atoms with Crippen LogP contribution < -0.4 is 5.32 Å². The summed E-state index contributed by atoms with van der Waals surface area (Å²) >= 11 is 0. The second-order valence-electron chi connectivity index (χ2n) is 4.07. The van der Waals surface area contributed by atoms with Crippen molar-refractivity contribution in [1.82, 2.24) is 10.2 Å². The number of carbonyl (C=O) groups is 2. The van der Waals surface area contributed by atoms with Crippen molar-refractivity contribution >= 4 is 12.0 Å². The molecular weight excluding hydrogens is 184 g/mol. The number of nitrogens with zero attached hydrogens (tertiary/aromatic N) is 1. The number of urea groups is 1. The first kappa shape index (κ1) is 9.30. The van der Waals surface area contributed by atoms with Crippen LogP contribution >= 0.6 is 0 Å². The monoisotopic (exact) mass is 198 g/mol. The Kier molecular flexibility index (Phi) is 2.31. The number of aliphatic carboxylic acids is 1. The lowest BCUT2D eigenvalue weighted by molar-refractivity contribution is -0.146. The highest BCUT2D eigenvalue weighted by molar-refractivity contribution is 5.79.